The standard InChI is InChI=1S/C23H35NO6S3/c1-15-7-9-16(10-8-15)33(25,26)24-17(13-19-31-11-6-12-32-19)20-21(30-23(4,5)29-20)18-14-27-22(2,3)28-18/h7-10,17-21,24H,6,11-14H2,1-5H3/t17-,18-,20-,21-/m1/s1. The number of aryl methyl sites for hydroxylation is 1. The number of rotatable bonds is 7. The van der Waals surface area contributed by atoms with Gasteiger partial charge >= 0.3 is 0 Å². The Morgan fingerprint density at radius 3 is 2.30 bits per heavy atom. The molecule has 4 atom stereocenters. The quantitative estimate of drug-likeness (QED) is 0.583. The second kappa shape index (κ2) is 9.97. The molecule has 1 aromatic rings. The highest BCUT2D eigenvalue weighted by Gasteiger charge is 2.53. The normalized spacial score (nSPS) is 31.0. The molecule has 186 valence electrons. The predicted octanol–water partition coefficient (Wildman–Crippen LogP) is 3.90. The summed E-state index contributed by atoms with van der Waals surface area (Å²) in [4.78, 5) is 0.248. The average molecular weight is 518 g/mol. The van der Waals surface area contributed by atoms with Crippen molar-refractivity contribution in [2.75, 3.05) is 18.1 Å². The van der Waals surface area contributed by atoms with Gasteiger partial charge in [-0.2, -0.15) is 0 Å². The molecule has 10 heteroatoms. The van der Waals surface area contributed by atoms with E-state index in [0.29, 0.717) is 13.0 Å². The molecule has 1 N–H and O–H groups in total. The molecule has 3 heterocycles. The van der Waals surface area contributed by atoms with Gasteiger partial charge in [-0.05, 0) is 71.1 Å². The molecule has 0 saturated carbocycles. The summed E-state index contributed by atoms with van der Waals surface area (Å²) < 4.78 is 54.5. The van der Waals surface area contributed by atoms with Gasteiger partial charge in [-0.3, -0.25) is 0 Å². The lowest BCUT2D eigenvalue weighted by Crippen LogP contribution is -2.52. The average Bonchev–Trinajstić information content (AvgIpc) is 3.26. The molecule has 3 aliphatic heterocycles. The molecular weight excluding hydrogens is 482 g/mol. The van der Waals surface area contributed by atoms with Crippen LogP contribution in [0.4, 0.5) is 0 Å². The maximum absolute atomic E-state index is 13.4. The summed E-state index contributed by atoms with van der Waals surface area (Å²) in [7, 11) is -3.75. The Morgan fingerprint density at radius 2 is 1.70 bits per heavy atom. The Labute approximate surface area is 206 Å². The van der Waals surface area contributed by atoms with Crippen molar-refractivity contribution in [3.8, 4) is 0 Å². The molecule has 0 amide bonds. The summed E-state index contributed by atoms with van der Waals surface area (Å²) in [5, 5.41) is 0. The predicted molar refractivity (Wildman–Crippen MR) is 132 cm³/mol. The van der Waals surface area contributed by atoms with Crippen LogP contribution in [-0.4, -0.2) is 67.0 Å². The lowest BCUT2D eigenvalue weighted by Gasteiger charge is -2.32. The van der Waals surface area contributed by atoms with Gasteiger partial charge in [-0.1, -0.05) is 17.7 Å². The number of nitrogens with one attached hydrogen (secondary N) is 1. The van der Waals surface area contributed by atoms with Gasteiger partial charge in [0.2, 0.25) is 10.0 Å². The zero-order valence-electron chi connectivity index (χ0n) is 19.9. The van der Waals surface area contributed by atoms with E-state index in [2.05, 4.69) is 4.72 Å². The first kappa shape index (κ1) is 25.8. The van der Waals surface area contributed by atoms with Crippen molar-refractivity contribution in [1.29, 1.82) is 0 Å². The summed E-state index contributed by atoms with van der Waals surface area (Å²) in [5.74, 6) is 0.600. The summed E-state index contributed by atoms with van der Waals surface area (Å²) in [6.07, 6.45) is 0.506. The summed E-state index contributed by atoms with van der Waals surface area (Å²) in [5.41, 5.74) is 1.01. The zero-order valence-corrected chi connectivity index (χ0v) is 22.4. The molecule has 0 spiro atoms. The Bertz CT molecular complexity index is 915. The maximum atomic E-state index is 13.4. The van der Waals surface area contributed by atoms with Crippen molar-refractivity contribution in [3.63, 3.8) is 0 Å². The second-order valence-corrected chi connectivity index (χ2v) is 14.4. The van der Waals surface area contributed by atoms with Crippen LogP contribution < -0.4 is 4.72 Å². The van der Waals surface area contributed by atoms with E-state index in [1.807, 2.05) is 70.3 Å². The van der Waals surface area contributed by atoms with Crippen LogP contribution >= 0.6 is 23.5 Å². The molecule has 0 bridgehead atoms. The molecule has 0 aliphatic carbocycles. The van der Waals surface area contributed by atoms with Crippen LogP contribution in [0.5, 0.6) is 0 Å². The molecule has 1 aromatic carbocycles. The molecule has 33 heavy (non-hydrogen) atoms. The van der Waals surface area contributed by atoms with Crippen molar-refractivity contribution in [2.24, 2.45) is 0 Å². The zero-order chi connectivity index (χ0) is 23.9. The van der Waals surface area contributed by atoms with Gasteiger partial charge in [0.25, 0.3) is 0 Å². The van der Waals surface area contributed by atoms with Crippen molar-refractivity contribution < 1.29 is 27.4 Å². The largest absolute Gasteiger partial charge is 0.348 e. The van der Waals surface area contributed by atoms with Crippen LogP contribution in [-0.2, 0) is 29.0 Å². The Balaban J connectivity index is 1.61. The third-order valence-corrected chi connectivity index (χ3v) is 10.4. The van der Waals surface area contributed by atoms with Gasteiger partial charge in [-0.15, -0.1) is 23.5 Å². The van der Waals surface area contributed by atoms with Gasteiger partial charge in [0.1, 0.15) is 18.3 Å². The highest BCUT2D eigenvalue weighted by molar-refractivity contribution is 8.17. The molecule has 4 rings (SSSR count). The van der Waals surface area contributed by atoms with Crippen molar-refractivity contribution in [1.82, 2.24) is 4.72 Å². The van der Waals surface area contributed by atoms with Crippen molar-refractivity contribution in [2.45, 2.75) is 92.9 Å². The Kier molecular flexibility index (Phi) is 7.78. The SMILES string of the molecule is Cc1ccc(S(=O)(=O)N[C@H](CC2SCCCS2)[C@H]2OC(C)(C)O[C@@H]2[C@H]2COC(C)(C)O2)cc1. The van der Waals surface area contributed by atoms with Gasteiger partial charge < -0.3 is 18.9 Å². The molecule has 7 nitrogen and oxygen atoms in total. The van der Waals surface area contributed by atoms with Crippen LogP contribution in [0.25, 0.3) is 0 Å². The highest BCUT2D eigenvalue weighted by Crippen LogP contribution is 2.40. The van der Waals surface area contributed by atoms with E-state index >= 15 is 0 Å². The second-order valence-electron chi connectivity index (χ2n) is 9.73. The Morgan fingerprint density at radius 1 is 1.03 bits per heavy atom. The third-order valence-electron chi connectivity index (χ3n) is 5.94. The fourth-order valence-electron chi connectivity index (χ4n) is 4.41. The topological polar surface area (TPSA) is 83.1 Å². The van der Waals surface area contributed by atoms with Crippen LogP contribution in [0.2, 0.25) is 0 Å². The first-order valence-corrected chi connectivity index (χ1v) is 15.0. The third kappa shape index (κ3) is 6.46. The number of hydrogen-bond acceptors (Lipinski definition) is 8. The molecule has 3 saturated heterocycles. The van der Waals surface area contributed by atoms with Gasteiger partial charge in [0.15, 0.2) is 11.6 Å². The van der Waals surface area contributed by atoms with Crippen LogP contribution in [0.15, 0.2) is 29.2 Å². The van der Waals surface area contributed by atoms with E-state index in [1.165, 1.54) is 6.42 Å². The molecule has 3 fully saturated rings. The smallest absolute Gasteiger partial charge is 0.240 e. The minimum Gasteiger partial charge on any atom is -0.348 e. The van der Waals surface area contributed by atoms with E-state index in [1.54, 1.807) is 12.1 Å². The maximum Gasteiger partial charge on any atom is 0.240 e. The summed E-state index contributed by atoms with van der Waals surface area (Å²) in [6.45, 7) is 9.77. The van der Waals surface area contributed by atoms with E-state index < -0.39 is 39.8 Å². The summed E-state index contributed by atoms with van der Waals surface area (Å²) in [6, 6.07) is 6.43. The summed E-state index contributed by atoms with van der Waals surface area (Å²) >= 11 is 3.77. The minimum absolute atomic E-state index is 0.248. The van der Waals surface area contributed by atoms with Gasteiger partial charge in [0.05, 0.1) is 22.1 Å². The monoisotopic (exact) mass is 517 g/mol. The molecule has 0 unspecified atom stereocenters. The van der Waals surface area contributed by atoms with Gasteiger partial charge in [0, 0.05) is 0 Å². The van der Waals surface area contributed by atoms with Crippen LogP contribution in [0.1, 0.15) is 46.1 Å². The van der Waals surface area contributed by atoms with E-state index in [9.17, 15) is 8.42 Å². The molecular formula is C23H35NO6S3. The van der Waals surface area contributed by atoms with E-state index in [0.717, 1.165) is 17.1 Å². The lowest BCUT2D eigenvalue weighted by molar-refractivity contribution is -0.174. The van der Waals surface area contributed by atoms with E-state index in [-0.39, 0.29) is 15.6 Å². The van der Waals surface area contributed by atoms with Crippen LogP contribution in [0, 0.1) is 6.92 Å². The number of thioether (sulfide) groups is 2. The Hall–Kier alpha value is -0.330. The van der Waals surface area contributed by atoms with E-state index in [4.69, 9.17) is 18.9 Å². The fourth-order valence-corrected chi connectivity index (χ4v) is 8.65. The molecule has 0 radical (unpaired) electrons. The van der Waals surface area contributed by atoms with Crippen molar-refractivity contribution in [3.05, 3.63) is 29.8 Å². The lowest BCUT2D eigenvalue weighted by atomic mass is 10.00. The first-order chi connectivity index (χ1) is 15.4. The molecule has 0 aromatic heterocycles. The van der Waals surface area contributed by atoms with Crippen LogP contribution in [0.3, 0.4) is 0 Å². The number of ether oxygens (including phenoxy) is 4. The fraction of sp³-hybridized carbons (Fsp3) is 0.739. The number of hydrogen-bond donors (Lipinski definition) is 1. The first-order valence-electron chi connectivity index (χ1n) is 11.4. The number of sulfonamides is 1. The highest BCUT2D eigenvalue weighted by atomic mass is 32.2. The van der Waals surface area contributed by atoms with Crippen molar-refractivity contribution >= 4 is 33.5 Å². The minimum atomic E-state index is -3.75. The molecule has 3 aliphatic rings. The number of benzene rings is 1. The van der Waals surface area contributed by atoms with Gasteiger partial charge in [-0.25, -0.2) is 13.1 Å².